The maximum absolute atomic E-state index is 13.5. The molecule has 0 radical (unpaired) electrons. The van der Waals surface area contributed by atoms with E-state index in [0.717, 1.165) is 34.7 Å². The maximum Gasteiger partial charge on any atom is 0.254 e. The first-order valence-electron chi connectivity index (χ1n) is 11.4. The van der Waals surface area contributed by atoms with Crippen LogP contribution in [0.4, 0.5) is 4.39 Å². The number of hydrogen-bond acceptors (Lipinski definition) is 2. The normalized spacial score (nSPS) is 21.0. The number of benzene rings is 3. The average molecular weight is 431 g/mol. The monoisotopic (exact) mass is 430 g/mol. The molecule has 4 nitrogen and oxygen atoms in total. The predicted molar refractivity (Wildman–Crippen MR) is 123 cm³/mol. The fourth-order valence-electron chi connectivity index (χ4n) is 5.35. The van der Waals surface area contributed by atoms with Crippen molar-refractivity contribution >= 4 is 22.6 Å². The summed E-state index contributed by atoms with van der Waals surface area (Å²) in [5.41, 5.74) is 1.65. The van der Waals surface area contributed by atoms with E-state index in [1.807, 2.05) is 58.3 Å². The second kappa shape index (κ2) is 8.73. The Kier molecular flexibility index (Phi) is 5.64. The highest BCUT2D eigenvalue weighted by Crippen LogP contribution is 2.32. The SMILES string of the molecule is O=C(c1cccc2ccccc12)N1CC[C@H]2[C@H](CCC(=O)N2CCc2cccc(F)c2)C1. The predicted octanol–water partition coefficient (Wildman–Crippen LogP) is 4.67. The molecule has 2 fully saturated rings. The molecule has 0 bridgehead atoms. The molecule has 2 heterocycles. The molecule has 5 rings (SSSR count). The summed E-state index contributed by atoms with van der Waals surface area (Å²) in [6.45, 7) is 1.92. The molecule has 2 aliphatic heterocycles. The molecule has 2 amide bonds. The Morgan fingerprint density at radius 2 is 1.81 bits per heavy atom. The topological polar surface area (TPSA) is 40.6 Å². The highest BCUT2D eigenvalue weighted by Gasteiger charge is 2.40. The second-order valence-corrected chi connectivity index (χ2v) is 8.90. The average Bonchev–Trinajstić information content (AvgIpc) is 2.82. The number of likely N-dealkylation sites (tertiary alicyclic amines) is 2. The van der Waals surface area contributed by atoms with Gasteiger partial charge in [-0.1, -0.05) is 48.5 Å². The first kappa shape index (κ1) is 20.7. The number of rotatable bonds is 4. The third kappa shape index (κ3) is 3.99. The Morgan fingerprint density at radius 1 is 1.00 bits per heavy atom. The van der Waals surface area contributed by atoms with Gasteiger partial charge in [0.15, 0.2) is 0 Å². The van der Waals surface area contributed by atoms with Crippen molar-refractivity contribution in [3.05, 3.63) is 83.7 Å². The van der Waals surface area contributed by atoms with E-state index in [1.165, 1.54) is 12.1 Å². The van der Waals surface area contributed by atoms with Gasteiger partial charge >= 0.3 is 0 Å². The smallest absolute Gasteiger partial charge is 0.254 e. The van der Waals surface area contributed by atoms with E-state index >= 15 is 0 Å². The Morgan fingerprint density at radius 3 is 2.69 bits per heavy atom. The molecular formula is C27H27FN2O2. The van der Waals surface area contributed by atoms with Gasteiger partial charge in [0, 0.05) is 37.7 Å². The van der Waals surface area contributed by atoms with Crippen molar-refractivity contribution in [1.29, 1.82) is 0 Å². The van der Waals surface area contributed by atoms with Crippen LogP contribution in [0.3, 0.4) is 0 Å². The van der Waals surface area contributed by atoms with E-state index < -0.39 is 0 Å². The van der Waals surface area contributed by atoms with Crippen LogP contribution in [0.2, 0.25) is 0 Å². The standard InChI is InChI=1S/C27H27FN2O2/c28-22-8-3-5-19(17-22)13-16-30-25-14-15-29(18-21(25)11-12-26(30)31)27(32)24-10-4-7-20-6-1-2-9-23(20)24/h1-10,17,21,25H,11-16,18H2/t21-,25+/m1/s1. The van der Waals surface area contributed by atoms with Crippen LogP contribution in [0.25, 0.3) is 10.8 Å². The molecule has 3 aromatic carbocycles. The van der Waals surface area contributed by atoms with Crippen molar-refractivity contribution < 1.29 is 14.0 Å². The number of halogens is 1. The fraction of sp³-hybridized carbons (Fsp3) is 0.333. The summed E-state index contributed by atoms with van der Waals surface area (Å²) in [6.07, 6.45) is 2.77. The molecule has 0 unspecified atom stereocenters. The largest absolute Gasteiger partial charge is 0.339 e. The number of carbonyl (C=O) groups is 2. The fourth-order valence-corrected chi connectivity index (χ4v) is 5.35. The van der Waals surface area contributed by atoms with Gasteiger partial charge in [-0.3, -0.25) is 9.59 Å². The molecule has 0 N–H and O–H groups in total. The lowest BCUT2D eigenvalue weighted by atomic mass is 9.83. The quantitative estimate of drug-likeness (QED) is 0.603. The van der Waals surface area contributed by atoms with Gasteiger partial charge in [-0.05, 0) is 59.7 Å². The molecule has 0 saturated carbocycles. The molecule has 2 atom stereocenters. The lowest BCUT2D eigenvalue weighted by Gasteiger charge is -2.47. The van der Waals surface area contributed by atoms with Gasteiger partial charge in [0.05, 0.1) is 0 Å². The Balaban J connectivity index is 1.29. The molecule has 0 spiro atoms. The van der Waals surface area contributed by atoms with Crippen LogP contribution in [0.15, 0.2) is 66.7 Å². The summed E-state index contributed by atoms with van der Waals surface area (Å²) in [4.78, 5) is 30.0. The van der Waals surface area contributed by atoms with E-state index in [4.69, 9.17) is 0 Å². The summed E-state index contributed by atoms with van der Waals surface area (Å²) in [5, 5.41) is 2.05. The Bertz CT molecular complexity index is 1160. The number of fused-ring (bicyclic) bond motifs is 2. The first-order chi connectivity index (χ1) is 15.6. The highest BCUT2D eigenvalue weighted by atomic mass is 19.1. The third-order valence-corrected chi connectivity index (χ3v) is 6.98. The zero-order valence-corrected chi connectivity index (χ0v) is 18.0. The maximum atomic E-state index is 13.5. The van der Waals surface area contributed by atoms with Crippen molar-refractivity contribution in [3.63, 3.8) is 0 Å². The number of carbonyl (C=O) groups excluding carboxylic acids is 2. The molecule has 3 aromatic rings. The summed E-state index contributed by atoms with van der Waals surface area (Å²) in [5.74, 6) is 0.290. The highest BCUT2D eigenvalue weighted by molar-refractivity contribution is 6.07. The van der Waals surface area contributed by atoms with Gasteiger partial charge in [0.1, 0.15) is 5.82 Å². The van der Waals surface area contributed by atoms with Crippen molar-refractivity contribution in [2.24, 2.45) is 5.92 Å². The molecule has 2 saturated heterocycles. The summed E-state index contributed by atoms with van der Waals surface area (Å²) in [7, 11) is 0. The number of nitrogens with zero attached hydrogens (tertiary/aromatic N) is 2. The number of piperidine rings is 2. The molecular weight excluding hydrogens is 403 g/mol. The molecule has 0 aromatic heterocycles. The van der Waals surface area contributed by atoms with E-state index in [2.05, 4.69) is 0 Å². The van der Waals surface area contributed by atoms with Crippen LogP contribution in [-0.2, 0) is 11.2 Å². The van der Waals surface area contributed by atoms with E-state index in [-0.39, 0.29) is 29.6 Å². The van der Waals surface area contributed by atoms with Gasteiger partial charge in [0.25, 0.3) is 5.91 Å². The molecule has 5 heteroatoms. The minimum absolute atomic E-state index is 0.0726. The van der Waals surface area contributed by atoms with Crippen molar-refractivity contribution in [3.8, 4) is 0 Å². The molecule has 164 valence electrons. The third-order valence-electron chi connectivity index (χ3n) is 6.98. The molecule has 0 aliphatic carbocycles. The van der Waals surface area contributed by atoms with Crippen molar-refractivity contribution in [2.75, 3.05) is 19.6 Å². The summed E-state index contributed by atoms with van der Waals surface area (Å²) in [6, 6.07) is 20.6. The van der Waals surface area contributed by atoms with Crippen molar-refractivity contribution in [2.45, 2.75) is 31.7 Å². The van der Waals surface area contributed by atoms with Crippen LogP contribution in [0, 0.1) is 11.7 Å². The zero-order valence-electron chi connectivity index (χ0n) is 18.0. The van der Waals surface area contributed by atoms with Crippen LogP contribution in [-0.4, -0.2) is 47.3 Å². The summed E-state index contributed by atoms with van der Waals surface area (Å²) < 4.78 is 13.5. The van der Waals surface area contributed by atoms with Crippen LogP contribution in [0.5, 0.6) is 0 Å². The van der Waals surface area contributed by atoms with Crippen molar-refractivity contribution in [1.82, 2.24) is 9.80 Å². The van der Waals surface area contributed by atoms with Gasteiger partial charge in [0.2, 0.25) is 5.91 Å². The Labute approximate surface area is 187 Å². The Hall–Kier alpha value is -3.21. The number of hydrogen-bond donors (Lipinski definition) is 0. The second-order valence-electron chi connectivity index (χ2n) is 8.90. The van der Waals surface area contributed by atoms with Crippen LogP contribution < -0.4 is 0 Å². The molecule has 2 aliphatic rings. The minimum atomic E-state index is -0.245. The van der Waals surface area contributed by atoms with Gasteiger partial charge < -0.3 is 9.80 Å². The number of amides is 2. The van der Waals surface area contributed by atoms with Gasteiger partial charge in [-0.2, -0.15) is 0 Å². The van der Waals surface area contributed by atoms with Crippen LogP contribution >= 0.6 is 0 Å². The lowest BCUT2D eigenvalue weighted by molar-refractivity contribution is -0.140. The van der Waals surface area contributed by atoms with Crippen LogP contribution in [0.1, 0.15) is 35.2 Å². The van der Waals surface area contributed by atoms with Gasteiger partial charge in [-0.25, -0.2) is 4.39 Å². The molecule has 32 heavy (non-hydrogen) atoms. The van der Waals surface area contributed by atoms with Gasteiger partial charge in [-0.15, -0.1) is 0 Å². The summed E-state index contributed by atoms with van der Waals surface area (Å²) >= 11 is 0. The minimum Gasteiger partial charge on any atom is -0.339 e. The van der Waals surface area contributed by atoms with E-state index in [1.54, 1.807) is 6.07 Å². The van der Waals surface area contributed by atoms with E-state index in [9.17, 15) is 14.0 Å². The zero-order chi connectivity index (χ0) is 22.1. The first-order valence-corrected chi connectivity index (χ1v) is 11.4. The van der Waals surface area contributed by atoms with E-state index in [0.29, 0.717) is 32.5 Å². The lowest BCUT2D eigenvalue weighted by Crippen LogP contribution is -2.57.